The van der Waals surface area contributed by atoms with Gasteiger partial charge in [0.15, 0.2) is 5.89 Å². The number of hydrogen-bond acceptors (Lipinski definition) is 5. The fraction of sp³-hybridized carbons (Fsp3) is 0.435. The first-order valence-corrected chi connectivity index (χ1v) is 10.5. The predicted octanol–water partition coefficient (Wildman–Crippen LogP) is 4.07. The summed E-state index contributed by atoms with van der Waals surface area (Å²) in [4.78, 5) is 19.5. The molecule has 1 fully saturated rings. The number of nitrogens with zero attached hydrogens (tertiary/aromatic N) is 4. The first kappa shape index (κ1) is 20.2. The molecule has 1 saturated heterocycles. The van der Waals surface area contributed by atoms with Crippen LogP contribution in [0.15, 0.2) is 47.1 Å². The minimum absolute atomic E-state index is 0.0201. The Kier molecular flexibility index (Phi) is 5.88. The molecule has 4 rings (SSSR count). The molecule has 3 heterocycles. The van der Waals surface area contributed by atoms with E-state index in [-0.39, 0.29) is 17.9 Å². The first-order chi connectivity index (χ1) is 14.6. The van der Waals surface area contributed by atoms with Crippen molar-refractivity contribution in [2.24, 2.45) is 0 Å². The van der Waals surface area contributed by atoms with E-state index in [2.05, 4.69) is 10.1 Å². The lowest BCUT2D eigenvalue weighted by Gasteiger charge is -2.31. The number of piperidine rings is 1. The third-order valence-electron chi connectivity index (χ3n) is 5.57. The third-order valence-corrected chi connectivity index (χ3v) is 5.57. The molecule has 7 heteroatoms. The van der Waals surface area contributed by atoms with Gasteiger partial charge in [-0.05, 0) is 38.8 Å². The molecule has 0 bridgehead atoms. The van der Waals surface area contributed by atoms with Crippen LogP contribution in [0.5, 0.6) is 5.75 Å². The van der Waals surface area contributed by atoms with E-state index in [0.717, 1.165) is 36.5 Å². The van der Waals surface area contributed by atoms with E-state index < -0.39 is 0 Å². The summed E-state index contributed by atoms with van der Waals surface area (Å²) < 4.78 is 13.3. The van der Waals surface area contributed by atoms with E-state index in [1.807, 2.05) is 43.0 Å². The van der Waals surface area contributed by atoms with Crippen LogP contribution in [0.4, 0.5) is 0 Å². The Labute approximate surface area is 176 Å². The van der Waals surface area contributed by atoms with E-state index in [9.17, 15) is 4.79 Å². The van der Waals surface area contributed by atoms with Gasteiger partial charge in [0.25, 0.3) is 5.91 Å². The summed E-state index contributed by atoms with van der Waals surface area (Å²) in [6.07, 6.45) is 5.99. The van der Waals surface area contributed by atoms with E-state index >= 15 is 0 Å². The molecule has 1 aromatic carbocycles. The van der Waals surface area contributed by atoms with Gasteiger partial charge in [-0.15, -0.1) is 0 Å². The van der Waals surface area contributed by atoms with Gasteiger partial charge < -0.3 is 14.1 Å². The number of carbonyl (C=O) groups excluding carboxylic acids is 1. The average Bonchev–Trinajstić information content (AvgIpc) is 3.44. The zero-order chi connectivity index (χ0) is 21.1. The van der Waals surface area contributed by atoms with E-state index in [0.29, 0.717) is 24.6 Å². The molecule has 1 aliphatic heterocycles. The number of likely N-dealkylation sites (tertiary alicyclic amines) is 1. The van der Waals surface area contributed by atoms with Crippen molar-refractivity contribution in [3.63, 3.8) is 0 Å². The molecule has 1 amide bonds. The molecule has 2 aromatic heterocycles. The fourth-order valence-corrected chi connectivity index (χ4v) is 4.05. The van der Waals surface area contributed by atoms with Gasteiger partial charge >= 0.3 is 0 Å². The molecule has 0 N–H and O–H groups in total. The maximum Gasteiger partial charge on any atom is 0.272 e. The van der Waals surface area contributed by atoms with Crippen molar-refractivity contribution in [3.8, 4) is 5.75 Å². The van der Waals surface area contributed by atoms with Crippen molar-refractivity contribution >= 4 is 5.91 Å². The molecule has 30 heavy (non-hydrogen) atoms. The molecular formula is C23H28N4O3. The van der Waals surface area contributed by atoms with Crippen molar-refractivity contribution in [2.45, 2.75) is 45.1 Å². The van der Waals surface area contributed by atoms with Gasteiger partial charge in [-0.3, -0.25) is 9.48 Å². The highest BCUT2D eigenvalue weighted by molar-refractivity contribution is 5.92. The van der Waals surface area contributed by atoms with Crippen molar-refractivity contribution in [3.05, 3.63) is 65.6 Å². The van der Waals surface area contributed by atoms with Gasteiger partial charge in [-0.2, -0.15) is 5.10 Å². The van der Waals surface area contributed by atoms with Crippen LogP contribution in [-0.2, 0) is 6.42 Å². The molecule has 1 unspecified atom stereocenters. The molecule has 3 aromatic rings. The Hall–Kier alpha value is -3.09. The highest BCUT2D eigenvalue weighted by Gasteiger charge is 2.30. The zero-order valence-electron chi connectivity index (χ0n) is 17.7. The lowest BCUT2D eigenvalue weighted by molar-refractivity contribution is 0.0683. The standard InChI is InChI=1S/C23H28N4O3/c1-16(2)27-20(10-11-25-27)23(28)26-12-6-8-18(15-26)22-24-14-19(30-22)13-17-7-4-5-9-21(17)29-3/h4-5,7,9-11,14,16,18H,6,8,12-13,15H2,1-3H3. The van der Waals surface area contributed by atoms with Crippen LogP contribution in [0.2, 0.25) is 0 Å². The minimum atomic E-state index is 0.0201. The van der Waals surface area contributed by atoms with Crippen LogP contribution in [0.25, 0.3) is 0 Å². The maximum atomic E-state index is 13.1. The van der Waals surface area contributed by atoms with Gasteiger partial charge in [0.2, 0.25) is 0 Å². The van der Waals surface area contributed by atoms with Gasteiger partial charge in [-0.25, -0.2) is 4.98 Å². The minimum Gasteiger partial charge on any atom is -0.496 e. The molecule has 158 valence electrons. The summed E-state index contributed by atoms with van der Waals surface area (Å²) in [6, 6.07) is 9.85. The normalized spacial score (nSPS) is 16.8. The number of benzene rings is 1. The molecule has 1 atom stereocenters. The summed E-state index contributed by atoms with van der Waals surface area (Å²) in [6.45, 7) is 5.40. The highest BCUT2D eigenvalue weighted by atomic mass is 16.5. The van der Waals surface area contributed by atoms with Crippen molar-refractivity contribution in [2.75, 3.05) is 20.2 Å². The number of ether oxygens (including phenoxy) is 1. The highest BCUT2D eigenvalue weighted by Crippen LogP contribution is 2.29. The Bertz CT molecular complexity index is 1010. The number of rotatable bonds is 6. The third kappa shape index (κ3) is 4.10. The number of para-hydroxylation sites is 1. The number of oxazole rings is 1. The van der Waals surface area contributed by atoms with Crippen LogP contribution >= 0.6 is 0 Å². The predicted molar refractivity (Wildman–Crippen MR) is 113 cm³/mol. The molecule has 0 radical (unpaired) electrons. The molecule has 7 nitrogen and oxygen atoms in total. The van der Waals surface area contributed by atoms with Crippen molar-refractivity contribution in [1.29, 1.82) is 0 Å². The molecular weight excluding hydrogens is 380 g/mol. The smallest absolute Gasteiger partial charge is 0.272 e. The summed E-state index contributed by atoms with van der Waals surface area (Å²) >= 11 is 0. The van der Waals surface area contributed by atoms with Crippen LogP contribution in [0.3, 0.4) is 0 Å². The molecule has 0 aliphatic carbocycles. The lowest BCUT2D eigenvalue weighted by atomic mass is 9.97. The lowest BCUT2D eigenvalue weighted by Crippen LogP contribution is -2.40. The summed E-state index contributed by atoms with van der Waals surface area (Å²) in [5.41, 5.74) is 1.69. The summed E-state index contributed by atoms with van der Waals surface area (Å²) in [5, 5.41) is 4.29. The number of methoxy groups -OCH3 is 1. The van der Waals surface area contributed by atoms with Gasteiger partial charge in [0, 0.05) is 37.3 Å². The molecule has 0 saturated carbocycles. The Morgan fingerprint density at radius 1 is 1.30 bits per heavy atom. The van der Waals surface area contributed by atoms with Crippen molar-refractivity contribution in [1.82, 2.24) is 19.7 Å². The van der Waals surface area contributed by atoms with Crippen molar-refractivity contribution < 1.29 is 13.9 Å². The van der Waals surface area contributed by atoms with Gasteiger partial charge in [-0.1, -0.05) is 18.2 Å². The van der Waals surface area contributed by atoms with Gasteiger partial charge in [0.1, 0.15) is 17.2 Å². The summed E-state index contributed by atoms with van der Waals surface area (Å²) in [7, 11) is 1.67. The first-order valence-electron chi connectivity index (χ1n) is 10.5. The molecule has 0 spiro atoms. The Morgan fingerprint density at radius 2 is 2.13 bits per heavy atom. The van der Waals surface area contributed by atoms with E-state index in [1.165, 1.54) is 0 Å². The average molecular weight is 409 g/mol. The van der Waals surface area contributed by atoms with Gasteiger partial charge in [0.05, 0.1) is 19.2 Å². The number of hydrogen-bond donors (Lipinski definition) is 0. The van der Waals surface area contributed by atoms with E-state index in [4.69, 9.17) is 9.15 Å². The maximum absolute atomic E-state index is 13.1. The van der Waals surface area contributed by atoms with E-state index in [1.54, 1.807) is 30.3 Å². The number of carbonyl (C=O) groups is 1. The second-order valence-electron chi connectivity index (χ2n) is 8.00. The topological polar surface area (TPSA) is 73.4 Å². The number of amides is 1. The van der Waals surface area contributed by atoms with Crippen LogP contribution in [0, 0.1) is 0 Å². The van der Waals surface area contributed by atoms with Crippen LogP contribution in [-0.4, -0.2) is 45.8 Å². The fourth-order valence-electron chi connectivity index (χ4n) is 4.05. The second kappa shape index (κ2) is 8.73. The Balaban J connectivity index is 1.46. The van der Waals surface area contributed by atoms with Crippen LogP contribution in [0.1, 0.15) is 66.4 Å². The second-order valence-corrected chi connectivity index (χ2v) is 8.00. The summed E-state index contributed by atoms with van der Waals surface area (Å²) in [5.74, 6) is 2.47. The van der Waals surface area contributed by atoms with Crippen LogP contribution < -0.4 is 4.74 Å². The SMILES string of the molecule is COc1ccccc1Cc1cnc(C2CCCN(C(=O)c3ccnn3C(C)C)C2)o1. The zero-order valence-corrected chi connectivity index (χ0v) is 17.7. The largest absolute Gasteiger partial charge is 0.496 e. The molecule has 1 aliphatic rings. The number of aromatic nitrogens is 3. The monoisotopic (exact) mass is 408 g/mol. The quantitative estimate of drug-likeness (QED) is 0.615. The Morgan fingerprint density at radius 3 is 2.93 bits per heavy atom.